The molecule has 2 aliphatic rings. The average molecular weight is 407 g/mol. The van der Waals surface area contributed by atoms with Crippen LogP contribution in [0.15, 0.2) is 30.5 Å². The number of pyridine rings is 1. The summed E-state index contributed by atoms with van der Waals surface area (Å²) in [5, 5.41) is 0. The first-order chi connectivity index (χ1) is 14.0. The SMILES string of the molecule is FC(F)(F)c1cc(N2CCCCC2CN2CCOCC2)nc(-c2ccccn2)n1. The van der Waals surface area contributed by atoms with Crippen molar-refractivity contribution in [2.45, 2.75) is 31.5 Å². The third-order valence-corrected chi connectivity index (χ3v) is 5.39. The molecular formula is C20H24F3N5O. The molecule has 2 aromatic heterocycles. The van der Waals surface area contributed by atoms with Crippen molar-refractivity contribution in [3.63, 3.8) is 0 Å². The molecule has 1 atom stereocenters. The van der Waals surface area contributed by atoms with Crippen LogP contribution in [0.3, 0.4) is 0 Å². The van der Waals surface area contributed by atoms with Crippen LogP contribution < -0.4 is 4.90 Å². The summed E-state index contributed by atoms with van der Waals surface area (Å²) >= 11 is 0. The highest BCUT2D eigenvalue weighted by molar-refractivity contribution is 5.54. The second kappa shape index (κ2) is 8.62. The van der Waals surface area contributed by atoms with Crippen LogP contribution in [0, 0.1) is 0 Å². The van der Waals surface area contributed by atoms with E-state index < -0.39 is 11.9 Å². The lowest BCUT2D eigenvalue weighted by Crippen LogP contribution is -2.50. The van der Waals surface area contributed by atoms with Gasteiger partial charge in [0.2, 0.25) is 0 Å². The van der Waals surface area contributed by atoms with Crippen molar-refractivity contribution in [1.82, 2.24) is 19.9 Å². The van der Waals surface area contributed by atoms with Crippen molar-refractivity contribution in [2.24, 2.45) is 0 Å². The lowest BCUT2D eigenvalue weighted by atomic mass is 10.0. The number of hydrogen-bond donors (Lipinski definition) is 0. The Morgan fingerprint density at radius 2 is 1.90 bits per heavy atom. The molecule has 29 heavy (non-hydrogen) atoms. The van der Waals surface area contributed by atoms with Gasteiger partial charge in [-0.3, -0.25) is 9.88 Å². The number of morpholine rings is 1. The summed E-state index contributed by atoms with van der Waals surface area (Å²) in [6.45, 7) is 4.57. The number of nitrogens with zero attached hydrogens (tertiary/aromatic N) is 5. The van der Waals surface area contributed by atoms with E-state index in [2.05, 4.69) is 19.9 Å². The van der Waals surface area contributed by atoms with Crippen molar-refractivity contribution < 1.29 is 17.9 Å². The molecule has 4 rings (SSSR count). The predicted octanol–water partition coefficient (Wildman–Crippen LogP) is 3.25. The van der Waals surface area contributed by atoms with Crippen LogP contribution in [-0.4, -0.2) is 65.3 Å². The van der Waals surface area contributed by atoms with Gasteiger partial charge in [0.05, 0.1) is 13.2 Å². The van der Waals surface area contributed by atoms with Gasteiger partial charge in [-0.15, -0.1) is 0 Å². The molecule has 0 aromatic carbocycles. The van der Waals surface area contributed by atoms with E-state index in [-0.39, 0.29) is 11.9 Å². The largest absolute Gasteiger partial charge is 0.433 e. The summed E-state index contributed by atoms with van der Waals surface area (Å²) in [5.41, 5.74) is -0.597. The second-order valence-electron chi connectivity index (χ2n) is 7.40. The Morgan fingerprint density at radius 1 is 1.07 bits per heavy atom. The van der Waals surface area contributed by atoms with Gasteiger partial charge in [0.1, 0.15) is 11.5 Å². The van der Waals surface area contributed by atoms with Gasteiger partial charge >= 0.3 is 6.18 Å². The van der Waals surface area contributed by atoms with E-state index in [1.807, 2.05) is 4.90 Å². The van der Waals surface area contributed by atoms with Gasteiger partial charge in [0.25, 0.3) is 0 Å². The number of rotatable bonds is 4. The van der Waals surface area contributed by atoms with Crippen molar-refractivity contribution in [3.05, 3.63) is 36.2 Å². The zero-order valence-corrected chi connectivity index (χ0v) is 16.1. The maximum Gasteiger partial charge on any atom is 0.433 e. The topological polar surface area (TPSA) is 54.4 Å². The highest BCUT2D eigenvalue weighted by Gasteiger charge is 2.35. The Labute approximate surface area is 167 Å². The number of alkyl halides is 3. The number of hydrogen-bond acceptors (Lipinski definition) is 6. The van der Waals surface area contributed by atoms with Gasteiger partial charge in [0, 0.05) is 44.5 Å². The Bertz CT molecular complexity index is 812. The zero-order valence-electron chi connectivity index (χ0n) is 16.1. The Morgan fingerprint density at radius 3 is 2.62 bits per heavy atom. The van der Waals surface area contributed by atoms with Crippen LogP contribution >= 0.6 is 0 Å². The molecule has 0 N–H and O–H groups in total. The van der Waals surface area contributed by atoms with E-state index >= 15 is 0 Å². The molecule has 0 amide bonds. The molecule has 9 heteroatoms. The second-order valence-corrected chi connectivity index (χ2v) is 7.40. The first-order valence-corrected chi connectivity index (χ1v) is 9.95. The van der Waals surface area contributed by atoms with E-state index in [0.717, 1.165) is 45.0 Å². The van der Waals surface area contributed by atoms with Gasteiger partial charge in [-0.1, -0.05) is 6.07 Å². The Hall–Kier alpha value is -2.26. The number of aromatic nitrogens is 3. The van der Waals surface area contributed by atoms with E-state index in [9.17, 15) is 13.2 Å². The van der Waals surface area contributed by atoms with Crippen LogP contribution in [-0.2, 0) is 10.9 Å². The number of ether oxygens (including phenoxy) is 1. The summed E-state index contributed by atoms with van der Waals surface area (Å²) in [7, 11) is 0. The minimum absolute atomic E-state index is 0.00567. The average Bonchev–Trinajstić information content (AvgIpc) is 2.74. The fourth-order valence-corrected chi connectivity index (χ4v) is 3.91. The minimum Gasteiger partial charge on any atom is -0.379 e. The molecule has 0 radical (unpaired) electrons. The zero-order chi connectivity index (χ0) is 20.3. The third kappa shape index (κ3) is 4.84. The highest BCUT2D eigenvalue weighted by atomic mass is 19.4. The van der Waals surface area contributed by atoms with Crippen molar-refractivity contribution in [1.29, 1.82) is 0 Å². The van der Waals surface area contributed by atoms with Gasteiger partial charge in [0.15, 0.2) is 11.5 Å². The van der Waals surface area contributed by atoms with E-state index in [1.54, 1.807) is 18.2 Å². The van der Waals surface area contributed by atoms with Gasteiger partial charge in [-0.05, 0) is 31.4 Å². The molecule has 2 fully saturated rings. The molecule has 156 valence electrons. The Balaban J connectivity index is 1.67. The number of halogens is 3. The monoisotopic (exact) mass is 407 g/mol. The normalized spacial score (nSPS) is 21.3. The van der Waals surface area contributed by atoms with Gasteiger partial charge in [-0.2, -0.15) is 13.2 Å². The standard InChI is InChI=1S/C20H24F3N5O/c21-20(22,23)17-13-18(26-19(25-17)16-6-1-3-7-24-16)28-8-4-2-5-15(28)14-27-9-11-29-12-10-27/h1,3,6-7,13,15H,2,4-5,8-12,14H2. The molecule has 6 nitrogen and oxygen atoms in total. The highest BCUT2D eigenvalue weighted by Crippen LogP contribution is 2.33. The maximum atomic E-state index is 13.5. The third-order valence-electron chi connectivity index (χ3n) is 5.39. The molecule has 1 unspecified atom stereocenters. The fourth-order valence-electron chi connectivity index (χ4n) is 3.91. The van der Waals surface area contributed by atoms with Crippen molar-refractivity contribution >= 4 is 5.82 Å². The fraction of sp³-hybridized carbons (Fsp3) is 0.550. The van der Waals surface area contributed by atoms with Crippen molar-refractivity contribution in [2.75, 3.05) is 44.3 Å². The predicted molar refractivity (Wildman–Crippen MR) is 103 cm³/mol. The van der Waals surface area contributed by atoms with Crippen molar-refractivity contribution in [3.8, 4) is 11.5 Å². The van der Waals surface area contributed by atoms with Gasteiger partial charge < -0.3 is 9.64 Å². The molecule has 2 aromatic rings. The van der Waals surface area contributed by atoms with E-state index in [0.29, 0.717) is 31.3 Å². The molecule has 0 bridgehead atoms. The Kier molecular flexibility index (Phi) is 5.96. The molecule has 0 saturated carbocycles. The van der Waals surface area contributed by atoms with Crippen LogP contribution in [0.1, 0.15) is 25.0 Å². The summed E-state index contributed by atoms with van der Waals surface area (Å²) in [6, 6.07) is 6.24. The summed E-state index contributed by atoms with van der Waals surface area (Å²) < 4.78 is 46.1. The molecule has 2 aliphatic heterocycles. The summed E-state index contributed by atoms with van der Waals surface area (Å²) in [6.07, 6.45) is -0.0845. The van der Waals surface area contributed by atoms with Gasteiger partial charge in [-0.25, -0.2) is 9.97 Å². The smallest absolute Gasteiger partial charge is 0.379 e. The van der Waals surface area contributed by atoms with E-state index in [4.69, 9.17) is 4.74 Å². The van der Waals surface area contributed by atoms with Crippen LogP contribution in [0.2, 0.25) is 0 Å². The minimum atomic E-state index is -4.54. The maximum absolute atomic E-state index is 13.5. The quantitative estimate of drug-likeness (QED) is 0.776. The van der Waals surface area contributed by atoms with E-state index in [1.165, 1.54) is 6.20 Å². The van der Waals surface area contributed by atoms with Crippen LogP contribution in [0.5, 0.6) is 0 Å². The van der Waals surface area contributed by atoms with Crippen LogP contribution in [0.25, 0.3) is 11.5 Å². The first kappa shape index (κ1) is 20.0. The summed E-state index contributed by atoms with van der Waals surface area (Å²) in [5.74, 6) is 0.331. The number of anilines is 1. The number of piperidine rings is 1. The lowest BCUT2D eigenvalue weighted by molar-refractivity contribution is -0.141. The van der Waals surface area contributed by atoms with Crippen LogP contribution in [0.4, 0.5) is 19.0 Å². The molecule has 0 aliphatic carbocycles. The summed E-state index contributed by atoms with van der Waals surface area (Å²) in [4.78, 5) is 16.7. The molecule has 0 spiro atoms. The molecular weight excluding hydrogens is 383 g/mol. The lowest BCUT2D eigenvalue weighted by Gasteiger charge is -2.40. The first-order valence-electron chi connectivity index (χ1n) is 9.95. The molecule has 4 heterocycles. The molecule has 2 saturated heterocycles.